The number of H-pyrrole nitrogens is 1. The van der Waals surface area contributed by atoms with E-state index in [1.54, 1.807) is 0 Å². The Balaban J connectivity index is 2.16. The van der Waals surface area contributed by atoms with Gasteiger partial charge in [0, 0.05) is 11.1 Å². The first kappa shape index (κ1) is 16.5. The third-order valence-electron chi connectivity index (χ3n) is 4.80. The van der Waals surface area contributed by atoms with Gasteiger partial charge in [-0.1, -0.05) is 0 Å². The SMILES string of the molecule is CC(C)(O)[C@@H]1CCc2c([nH]c3c(CC(N)=O)cc(F)c(Br)c23)C1. The molecule has 1 aliphatic rings. The topological polar surface area (TPSA) is 79.1 Å². The molecule has 23 heavy (non-hydrogen) atoms. The van der Waals surface area contributed by atoms with Gasteiger partial charge in [-0.25, -0.2) is 4.39 Å². The number of rotatable bonds is 3. The third-order valence-corrected chi connectivity index (χ3v) is 5.58. The molecule has 1 aromatic heterocycles. The molecule has 1 aliphatic carbocycles. The van der Waals surface area contributed by atoms with E-state index in [4.69, 9.17) is 5.73 Å². The van der Waals surface area contributed by atoms with E-state index in [2.05, 4.69) is 20.9 Å². The molecule has 0 saturated carbocycles. The van der Waals surface area contributed by atoms with E-state index in [9.17, 15) is 14.3 Å². The maximum absolute atomic E-state index is 14.2. The smallest absolute Gasteiger partial charge is 0.221 e. The highest BCUT2D eigenvalue weighted by molar-refractivity contribution is 9.10. The van der Waals surface area contributed by atoms with Crippen LogP contribution in [0.4, 0.5) is 4.39 Å². The Morgan fingerprint density at radius 1 is 1.57 bits per heavy atom. The number of hydrogen-bond donors (Lipinski definition) is 3. The van der Waals surface area contributed by atoms with Crippen molar-refractivity contribution in [3.63, 3.8) is 0 Å². The van der Waals surface area contributed by atoms with Gasteiger partial charge < -0.3 is 15.8 Å². The van der Waals surface area contributed by atoms with Gasteiger partial charge in [0.15, 0.2) is 0 Å². The lowest BCUT2D eigenvalue weighted by molar-refractivity contribution is -0.117. The van der Waals surface area contributed by atoms with Gasteiger partial charge in [-0.3, -0.25) is 4.79 Å². The molecule has 0 fully saturated rings. The van der Waals surface area contributed by atoms with Crippen LogP contribution in [0.25, 0.3) is 10.9 Å². The molecule has 1 amide bonds. The molecule has 4 N–H and O–H groups in total. The summed E-state index contributed by atoms with van der Waals surface area (Å²) in [7, 11) is 0. The lowest BCUT2D eigenvalue weighted by atomic mass is 9.78. The van der Waals surface area contributed by atoms with Crippen LogP contribution in [0.2, 0.25) is 0 Å². The number of aryl methyl sites for hydroxylation is 1. The Labute approximate surface area is 142 Å². The molecule has 0 unspecified atom stereocenters. The average molecular weight is 383 g/mol. The van der Waals surface area contributed by atoms with E-state index in [0.29, 0.717) is 16.5 Å². The molecule has 0 bridgehead atoms. The molecule has 4 nitrogen and oxygen atoms in total. The summed E-state index contributed by atoms with van der Waals surface area (Å²) in [6.45, 7) is 3.64. The maximum Gasteiger partial charge on any atom is 0.221 e. The molecule has 1 atom stereocenters. The number of aromatic nitrogens is 1. The zero-order chi connectivity index (χ0) is 16.9. The first-order chi connectivity index (χ1) is 10.7. The van der Waals surface area contributed by atoms with Gasteiger partial charge in [-0.15, -0.1) is 0 Å². The highest BCUT2D eigenvalue weighted by atomic mass is 79.9. The summed E-state index contributed by atoms with van der Waals surface area (Å²) >= 11 is 3.33. The number of carbonyl (C=O) groups excluding carboxylic acids is 1. The Morgan fingerprint density at radius 3 is 2.87 bits per heavy atom. The molecule has 3 rings (SSSR count). The van der Waals surface area contributed by atoms with E-state index in [-0.39, 0.29) is 18.2 Å². The Hall–Kier alpha value is -1.40. The first-order valence-electron chi connectivity index (χ1n) is 7.69. The van der Waals surface area contributed by atoms with Crippen molar-refractivity contribution in [1.29, 1.82) is 0 Å². The third kappa shape index (κ3) is 2.90. The van der Waals surface area contributed by atoms with Crippen LogP contribution in [0.15, 0.2) is 10.5 Å². The maximum atomic E-state index is 14.2. The number of nitrogens with one attached hydrogen (secondary N) is 1. The second kappa shape index (κ2) is 5.60. The highest BCUT2D eigenvalue weighted by Crippen LogP contribution is 2.40. The van der Waals surface area contributed by atoms with Crippen molar-refractivity contribution in [2.45, 2.75) is 45.1 Å². The van der Waals surface area contributed by atoms with Gasteiger partial charge in [-0.05, 0) is 72.2 Å². The van der Waals surface area contributed by atoms with Crippen molar-refractivity contribution < 1.29 is 14.3 Å². The molecule has 0 radical (unpaired) electrons. The minimum absolute atomic E-state index is 0.00495. The van der Waals surface area contributed by atoms with Crippen molar-refractivity contribution >= 4 is 32.7 Å². The van der Waals surface area contributed by atoms with Crippen LogP contribution in [0.5, 0.6) is 0 Å². The number of primary amides is 1. The number of nitrogens with two attached hydrogens (primary N) is 1. The summed E-state index contributed by atoms with van der Waals surface area (Å²) < 4.78 is 14.6. The zero-order valence-corrected chi connectivity index (χ0v) is 14.8. The second-order valence-electron chi connectivity index (χ2n) is 6.90. The van der Waals surface area contributed by atoms with Crippen molar-refractivity contribution in [1.82, 2.24) is 4.98 Å². The Kier molecular flexibility index (Phi) is 4.01. The lowest BCUT2D eigenvalue weighted by Gasteiger charge is -2.32. The van der Waals surface area contributed by atoms with Gasteiger partial charge in [0.2, 0.25) is 5.91 Å². The normalized spacial score (nSPS) is 18.2. The molecular weight excluding hydrogens is 363 g/mol. The van der Waals surface area contributed by atoms with E-state index < -0.39 is 11.5 Å². The summed E-state index contributed by atoms with van der Waals surface area (Å²) in [4.78, 5) is 14.6. The summed E-state index contributed by atoms with van der Waals surface area (Å²) in [6, 6.07) is 1.35. The van der Waals surface area contributed by atoms with Crippen molar-refractivity contribution in [3.05, 3.63) is 33.2 Å². The fourth-order valence-electron chi connectivity index (χ4n) is 3.53. The van der Waals surface area contributed by atoms with Crippen LogP contribution < -0.4 is 5.73 Å². The van der Waals surface area contributed by atoms with Crippen LogP contribution in [-0.4, -0.2) is 21.6 Å². The summed E-state index contributed by atoms with van der Waals surface area (Å²) in [6.07, 6.45) is 2.31. The number of benzene rings is 1. The summed E-state index contributed by atoms with van der Waals surface area (Å²) in [5, 5.41) is 11.1. The largest absolute Gasteiger partial charge is 0.390 e. The van der Waals surface area contributed by atoms with Crippen LogP contribution in [0.1, 0.15) is 37.1 Å². The van der Waals surface area contributed by atoms with Crippen LogP contribution in [0, 0.1) is 11.7 Å². The predicted molar refractivity (Wildman–Crippen MR) is 90.7 cm³/mol. The molecule has 0 aliphatic heterocycles. The number of carbonyl (C=O) groups is 1. The quantitative estimate of drug-likeness (QED) is 0.762. The zero-order valence-electron chi connectivity index (χ0n) is 13.2. The van der Waals surface area contributed by atoms with E-state index in [0.717, 1.165) is 35.0 Å². The number of aromatic amines is 1. The molecule has 1 aromatic carbocycles. The molecular formula is C17H20BrFN2O2. The molecule has 0 spiro atoms. The lowest BCUT2D eigenvalue weighted by Crippen LogP contribution is -2.34. The molecule has 2 aromatic rings. The van der Waals surface area contributed by atoms with Gasteiger partial charge in [0.25, 0.3) is 0 Å². The second-order valence-corrected chi connectivity index (χ2v) is 7.69. The predicted octanol–water partition coefficient (Wildman–Crippen LogP) is 2.97. The van der Waals surface area contributed by atoms with Crippen LogP contribution in [-0.2, 0) is 24.1 Å². The van der Waals surface area contributed by atoms with Crippen LogP contribution >= 0.6 is 15.9 Å². The van der Waals surface area contributed by atoms with Gasteiger partial charge in [0.05, 0.1) is 22.0 Å². The number of aliphatic hydroxyl groups is 1. The molecule has 124 valence electrons. The number of halogens is 2. The van der Waals surface area contributed by atoms with Crippen LogP contribution in [0.3, 0.4) is 0 Å². The van der Waals surface area contributed by atoms with E-state index in [1.807, 2.05) is 13.8 Å². The van der Waals surface area contributed by atoms with Crippen molar-refractivity contribution in [3.8, 4) is 0 Å². The Morgan fingerprint density at radius 2 is 2.26 bits per heavy atom. The summed E-state index contributed by atoms with van der Waals surface area (Å²) in [5.74, 6) is -0.735. The fraction of sp³-hybridized carbons (Fsp3) is 0.471. The van der Waals surface area contributed by atoms with Crippen molar-refractivity contribution in [2.24, 2.45) is 11.7 Å². The minimum atomic E-state index is -0.756. The highest BCUT2D eigenvalue weighted by Gasteiger charge is 2.33. The van der Waals surface area contributed by atoms with E-state index >= 15 is 0 Å². The molecule has 0 saturated heterocycles. The number of hydrogen-bond acceptors (Lipinski definition) is 2. The number of amides is 1. The summed E-state index contributed by atoms with van der Waals surface area (Å²) in [5.41, 5.74) is 7.94. The fourth-order valence-corrected chi connectivity index (χ4v) is 4.08. The average Bonchev–Trinajstić information content (AvgIpc) is 2.82. The minimum Gasteiger partial charge on any atom is -0.390 e. The first-order valence-corrected chi connectivity index (χ1v) is 8.48. The van der Waals surface area contributed by atoms with Gasteiger partial charge in [-0.2, -0.15) is 0 Å². The molecule has 1 heterocycles. The van der Waals surface area contributed by atoms with Crippen molar-refractivity contribution in [2.75, 3.05) is 0 Å². The van der Waals surface area contributed by atoms with Gasteiger partial charge in [0.1, 0.15) is 5.82 Å². The molecule has 6 heteroatoms. The van der Waals surface area contributed by atoms with E-state index in [1.165, 1.54) is 6.07 Å². The number of fused-ring (bicyclic) bond motifs is 3. The monoisotopic (exact) mass is 382 g/mol. The Bertz CT molecular complexity index is 792. The standard InChI is InChI=1S/C17H20BrFN2O2/c1-17(2,23)9-3-4-10-12(7-9)21-16-8(6-13(20)22)5-11(19)15(18)14(10)16/h5,9,21,23H,3-4,6-7H2,1-2H3,(H2,20,22)/t9-/m1/s1. The van der Waals surface area contributed by atoms with Gasteiger partial charge >= 0.3 is 0 Å².